The van der Waals surface area contributed by atoms with E-state index >= 15 is 0 Å². The van der Waals surface area contributed by atoms with Crippen LogP contribution in [0, 0.1) is 12.8 Å². The van der Waals surface area contributed by atoms with Gasteiger partial charge in [0.05, 0.1) is 13.2 Å². The van der Waals surface area contributed by atoms with E-state index in [-0.39, 0.29) is 0 Å². The van der Waals surface area contributed by atoms with E-state index < -0.39 is 6.10 Å². The van der Waals surface area contributed by atoms with Crippen LogP contribution in [0.5, 0.6) is 5.75 Å². The van der Waals surface area contributed by atoms with Crippen LogP contribution in [-0.2, 0) is 0 Å². The normalized spacial score (nSPS) is 18.9. The van der Waals surface area contributed by atoms with Crippen LogP contribution in [-0.4, -0.2) is 12.2 Å². The number of aliphatic hydroxyl groups excluding tert-OH is 1. The minimum atomic E-state index is -0.412. The van der Waals surface area contributed by atoms with Crippen LogP contribution in [0.3, 0.4) is 0 Å². The molecule has 1 aromatic carbocycles. The van der Waals surface area contributed by atoms with Crippen LogP contribution >= 0.6 is 15.9 Å². The van der Waals surface area contributed by atoms with Gasteiger partial charge in [-0.25, -0.2) is 0 Å². The van der Waals surface area contributed by atoms with Gasteiger partial charge in [0, 0.05) is 10.0 Å². The van der Waals surface area contributed by atoms with Crippen molar-refractivity contribution >= 4 is 15.9 Å². The summed E-state index contributed by atoms with van der Waals surface area (Å²) < 4.78 is 6.48. The Kier molecular flexibility index (Phi) is 5.28. The van der Waals surface area contributed by atoms with Crippen molar-refractivity contribution in [1.82, 2.24) is 0 Å². The highest BCUT2D eigenvalue weighted by atomic mass is 79.9. The summed E-state index contributed by atoms with van der Waals surface area (Å²) in [5.41, 5.74) is 2.06. The maximum atomic E-state index is 10.7. The van der Waals surface area contributed by atoms with Crippen molar-refractivity contribution in [2.45, 2.75) is 51.6 Å². The Labute approximate surface area is 124 Å². The first-order valence-electron chi connectivity index (χ1n) is 7.15. The number of hydrogen-bond donors (Lipinski definition) is 1. The standard InChI is InChI=1S/C16H23BrO2/c1-11-9-15(19-2)13(10-14(11)17)16(18)12-7-5-3-4-6-8-12/h9-10,12,16,18H,3-8H2,1-2H3. The summed E-state index contributed by atoms with van der Waals surface area (Å²) >= 11 is 3.55. The molecule has 3 heteroatoms. The molecule has 1 aliphatic carbocycles. The Hall–Kier alpha value is -0.540. The molecule has 0 heterocycles. The molecule has 0 spiro atoms. The Balaban J connectivity index is 2.26. The first kappa shape index (κ1) is 14.9. The zero-order valence-electron chi connectivity index (χ0n) is 11.8. The summed E-state index contributed by atoms with van der Waals surface area (Å²) in [6.07, 6.45) is 6.90. The van der Waals surface area contributed by atoms with Crippen molar-refractivity contribution in [2.75, 3.05) is 7.11 Å². The summed E-state index contributed by atoms with van der Waals surface area (Å²) in [6.45, 7) is 2.04. The first-order valence-corrected chi connectivity index (χ1v) is 7.95. The van der Waals surface area contributed by atoms with Gasteiger partial charge in [-0.2, -0.15) is 0 Å². The van der Waals surface area contributed by atoms with Gasteiger partial charge in [0.2, 0.25) is 0 Å². The Bertz CT molecular complexity index is 423. The zero-order valence-corrected chi connectivity index (χ0v) is 13.4. The highest BCUT2D eigenvalue weighted by molar-refractivity contribution is 9.10. The molecule has 0 amide bonds. The van der Waals surface area contributed by atoms with Crippen molar-refractivity contribution < 1.29 is 9.84 Å². The fraction of sp³-hybridized carbons (Fsp3) is 0.625. The fourth-order valence-corrected chi connectivity index (χ4v) is 3.32. The lowest BCUT2D eigenvalue weighted by Gasteiger charge is -2.24. The van der Waals surface area contributed by atoms with Crippen molar-refractivity contribution in [2.24, 2.45) is 5.92 Å². The van der Waals surface area contributed by atoms with Crippen molar-refractivity contribution in [3.63, 3.8) is 0 Å². The van der Waals surface area contributed by atoms with E-state index in [2.05, 4.69) is 15.9 Å². The summed E-state index contributed by atoms with van der Waals surface area (Å²) in [4.78, 5) is 0. The molecule has 2 rings (SSSR count). The number of ether oxygens (including phenoxy) is 1. The third-order valence-corrected chi connectivity index (χ3v) is 5.03. The summed E-state index contributed by atoms with van der Waals surface area (Å²) in [5, 5.41) is 10.7. The number of halogens is 1. The van der Waals surface area contributed by atoms with Crippen molar-refractivity contribution in [3.8, 4) is 5.75 Å². The minimum absolute atomic E-state index is 0.367. The fourth-order valence-electron chi connectivity index (χ4n) is 2.96. The van der Waals surface area contributed by atoms with Crippen LogP contribution in [0.4, 0.5) is 0 Å². The molecular formula is C16H23BrO2. The number of rotatable bonds is 3. The molecule has 0 aliphatic heterocycles. The van der Waals surface area contributed by atoms with E-state index in [0.717, 1.165) is 34.2 Å². The smallest absolute Gasteiger partial charge is 0.125 e. The summed E-state index contributed by atoms with van der Waals surface area (Å²) in [5.74, 6) is 1.17. The van der Waals surface area contributed by atoms with Gasteiger partial charge in [-0.05, 0) is 43.4 Å². The van der Waals surface area contributed by atoms with E-state index in [1.54, 1.807) is 7.11 Å². The average Bonchev–Trinajstić information content (AvgIpc) is 2.69. The lowest BCUT2D eigenvalue weighted by atomic mass is 9.88. The van der Waals surface area contributed by atoms with E-state index in [1.807, 2.05) is 19.1 Å². The van der Waals surface area contributed by atoms with Crippen LogP contribution in [0.2, 0.25) is 0 Å². The third kappa shape index (κ3) is 3.51. The second-order valence-electron chi connectivity index (χ2n) is 5.54. The highest BCUT2D eigenvalue weighted by Crippen LogP contribution is 2.39. The number of aryl methyl sites for hydroxylation is 1. The molecule has 1 saturated carbocycles. The topological polar surface area (TPSA) is 29.5 Å². The van der Waals surface area contributed by atoms with Gasteiger partial charge < -0.3 is 9.84 Å². The molecule has 1 fully saturated rings. The molecule has 0 saturated heterocycles. The van der Waals surface area contributed by atoms with Crippen molar-refractivity contribution in [3.05, 3.63) is 27.7 Å². The van der Waals surface area contributed by atoms with Gasteiger partial charge in [0.1, 0.15) is 5.75 Å². The Morgan fingerprint density at radius 3 is 2.42 bits per heavy atom. The largest absolute Gasteiger partial charge is 0.496 e. The quantitative estimate of drug-likeness (QED) is 0.810. The predicted octanol–water partition coefficient (Wildman–Crippen LogP) is 4.77. The van der Waals surface area contributed by atoms with Crippen LogP contribution in [0.25, 0.3) is 0 Å². The first-order chi connectivity index (χ1) is 9.13. The molecule has 0 bridgehead atoms. The van der Waals surface area contributed by atoms with Gasteiger partial charge in [0.15, 0.2) is 0 Å². The third-order valence-electron chi connectivity index (χ3n) is 4.18. The molecule has 1 aromatic rings. The lowest BCUT2D eigenvalue weighted by Crippen LogP contribution is -2.13. The lowest BCUT2D eigenvalue weighted by molar-refractivity contribution is 0.0960. The molecule has 19 heavy (non-hydrogen) atoms. The zero-order chi connectivity index (χ0) is 13.8. The Morgan fingerprint density at radius 1 is 1.21 bits per heavy atom. The predicted molar refractivity (Wildman–Crippen MR) is 81.6 cm³/mol. The molecule has 1 aliphatic rings. The minimum Gasteiger partial charge on any atom is -0.496 e. The summed E-state index contributed by atoms with van der Waals surface area (Å²) in [7, 11) is 1.67. The van der Waals surface area contributed by atoms with Crippen LogP contribution in [0.1, 0.15) is 55.8 Å². The number of benzene rings is 1. The highest BCUT2D eigenvalue weighted by Gasteiger charge is 2.25. The van der Waals surface area contributed by atoms with Gasteiger partial charge in [-0.15, -0.1) is 0 Å². The Morgan fingerprint density at radius 2 is 1.84 bits per heavy atom. The molecule has 106 valence electrons. The second-order valence-corrected chi connectivity index (χ2v) is 6.39. The van der Waals surface area contributed by atoms with Gasteiger partial charge >= 0.3 is 0 Å². The van der Waals surface area contributed by atoms with Gasteiger partial charge in [-0.1, -0.05) is 41.6 Å². The van der Waals surface area contributed by atoms with Crippen molar-refractivity contribution in [1.29, 1.82) is 0 Å². The van der Waals surface area contributed by atoms with Crippen LogP contribution < -0.4 is 4.74 Å². The van der Waals surface area contributed by atoms with Crippen LogP contribution in [0.15, 0.2) is 16.6 Å². The average molecular weight is 327 g/mol. The van der Waals surface area contributed by atoms with E-state index in [1.165, 1.54) is 25.7 Å². The molecule has 0 radical (unpaired) electrons. The molecule has 2 nitrogen and oxygen atoms in total. The maximum absolute atomic E-state index is 10.7. The second kappa shape index (κ2) is 6.76. The van der Waals surface area contributed by atoms with E-state index in [9.17, 15) is 5.11 Å². The molecule has 0 aromatic heterocycles. The summed E-state index contributed by atoms with van der Waals surface area (Å²) in [6, 6.07) is 4.02. The van der Waals surface area contributed by atoms with Gasteiger partial charge in [0.25, 0.3) is 0 Å². The van der Waals surface area contributed by atoms with E-state index in [0.29, 0.717) is 5.92 Å². The molecule has 1 atom stereocenters. The number of aliphatic hydroxyl groups is 1. The SMILES string of the molecule is COc1cc(C)c(Br)cc1C(O)C1CCCCCC1. The number of methoxy groups -OCH3 is 1. The molecule has 1 unspecified atom stereocenters. The maximum Gasteiger partial charge on any atom is 0.125 e. The molecular weight excluding hydrogens is 304 g/mol. The number of hydrogen-bond acceptors (Lipinski definition) is 2. The van der Waals surface area contributed by atoms with Gasteiger partial charge in [-0.3, -0.25) is 0 Å². The molecule has 1 N–H and O–H groups in total. The monoisotopic (exact) mass is 326 g/mol. The van der Waals surface area contributed by atoms with E-state index in [4.69, 9.17) is 4.74 Å².